The summed E-state index contributed by atoms with van der Waals surface area (Å²) in [6.45, 7) is 1.50. The number of anilines is 1. The van der Waals surface area contributed by atoms with Crippen molar-refractivity contribution in [3.63, 3.8) is 0 Å². The third kappa shape index (κ3) is 5.18. The molecule has 0 bridgehead atoms. The highest BCUT2D eigenvalue weighted by Gasteiger charge is 2.15. The Morgan fingerprint density at radius 3 is 2.47 bits per heavy atom. The zero-order valence-corrected chi connectivity index (χ0v) is 12.2. The number of hydrogen-bond donors (Lipinski definition) is 3. The smallest absolute Gasteiger partial charge is 0.242 e. The van der Waals surface area contributed by atoms with E-state index in [2.05, 4.69) is 10.0 Å². The zero-order valence-electron chi connectivity index (χ0n) is 11.4. The highest BCUT2D eigenvalue weighted by Crippen LogP contribution is 2.20. The van der Waals surface area contributed by atoms with Crippen molar-refractivity contribution in [2.24, 2.45) is 5.73 Å². The molecule has 108 valence electrons. The summed E-state index contributed by atoms with van der Waals surface area (Å²) in [5.41, 5.74) is 6.08. The van der Waals surface area contributed by atoms with Crippen molar-refractivity contribution in [1.29, 1.82) is 0 Å². The largest absolute Gasteiger partial charge is 0.384 e. The Kier molecular flexibility index (Phi) is 6.83. The predicted octanol–water partition coefficient (Wildman–Crippen LogP) is 1.53. The van der Waals surface area contributed by atoms with Crippen LogP contribution in [0, 0.1) is 0 Å². The molecule has 6 heteroatoms. The highest BCUT2D eigenvalue weighted by molar-refractivity contribution is 7.89. The van der Waals surface area contributed by atoms with E-state index in [1.54, 1.807) is 18.2 Å². The Balaban J connectivity index is 2.55. The molecule has 0 heterocycles. The van der Waals surface area contributed by atoms with Crippen molar-refractivity contribution in [2.75, 3.05) is 25.5 Å². The SMILES string of the molecule is CNS(=O)(=O)c1ccccc1NCCCCCCN. The molecule has 1 aromatic rings. The molecule has 0 aliphatic carbocycles. The van der Waals surface area contributed by atoms with Crippen LogP contribution < -0.4 is 15.8 Å². The quantitative estimate of drug-likeness (QED) is 0.601. The van der Waals surface area contributed by atoms with E-state index in [1.807, 2.05) is 6.07 Å². The molecule has 0 atom stereocenters. The van der Waals surface area contributed by atoms with E-state index in [9.17, 15) is 8.42 Å². The molecule has 0 saturated carbocycles. The summed E-state index contributed by atoms with van der Waals surface area (Å²) < 4.78 is 26.0. The molecule has 0 aromatic heterocycles. The maximum absolute atomic E-state index is 11.8. The van der Waals surface area contributed by atoms with E-state index in [4.69, 9.17) is 5.73 Å². The molecule has 0 saturated heterocycles. The van der Waals surface area contributed by atoms with E-state index >= 15 is 0 Å². The molecule has 0 aliphatic heterocycles. The van der Waals surface area contributed by atoms with E-state index in [0.29, 0.717) is 10.6 Å². The third-order valence-corrected chi connectivity index (χ3v) is 4.36. The van der Waals surface area contributed by atoms with Crippen LogP contribution in [0.5, 0.6) is 0 Å². The minimum absolute atomic E-state index is 0.291. The Bertz CT molecular complexity index is 475. The summed E-state index contributed by atoms with van der Waals surface area (Å²) in [5, 5.41) is 3.18. The third-order valence-electron chi connectivity index (χ3n) is 2.89. The van der Waals surface area contributed by atoms with Crippen molar-refractivity contribution < 1.29 is 8.42 Å². The monoisotopic (exact) mass is 285 g/mol. The molecule has 0 amide bonds. The fourth-order valence-corrected chi connectivity index (χ4v) is 2.71. The van der Waals surface area contributed by atoms with Gasteiger partial charge in [0, 0.05) is 6.54 Å². The van der Waals surface area contributed by atoms with Crippen molar-refractivity contribution in [2.45, 2.75) is 30.6 Å². The lowest BCUT2D eigenvalue weighted by Crippen LogP contribution is -2.20. The highest BCUT2D eigenvalue weighted by atomic mass is 32.2. The molecule has 0 unspecified atom stereocenters. The summed E-state index contributed by atoms with van der Waals surface area (Å²) in [6, 6.07) is 6.93. The topological polar surface area (TPSA) is 84.2 Å². The van der Waals surface area contributed by atoms with Crippen molar-refractivity contribution in [3.05, 3.63) is 24.3 Å². The van der Waals surface area contributed by atoms with Crippen molar-refractivity contribution in [1.82, 2.24) is 4.72 Å². The standard InChI is InChI=1S/C13H23N3O2S/c1-15-19(17,18)13-9-5-4-8-12(13)16-11-7-3-2-6-10-14/h4-5,8-9,15-16H,2-3,6-7,10-11,14H2,1H3. The maximum atomic E-state index is 11.8. The number of para-hydroxylation sites is 1. The van der Waals surface area contributed by atoms with E-state index in [0.717, 1.165) is 38.8 Å². The van der Waals surface area contributed by atoms with E-state index in [1.165, 1.54) is 7.05 Å². The maximum Gasteiger partial charge on any atom is 0.242 e. The normalized spacial score (nSPS) is 11.5. The van der Waals surface area contributed by atoms with Gasteiger partial charge in [0.15, 0.2) is 0 Å². The van der Waals surface area contributed by atoms with Crippen LogP contribution in [0.1, 0.15) is 25.7 Å². The number of rotatable bonds is 9. The van der Waals surface area contributed by atoms with Crippen molar-refractivity contribution in [3.8, 4) is 0 Å². The minimum atomic E-state index is -3.41. The Hall–Kier alpha value is -1.11. The van der Waals surface area contributed by atoms with Crippen LogP contribution >= 0.6 is 0 Å². The molecule has 0 radical (unpaired) electrons. The second-order valence-electron chi connectivity index (χ2n) is 4.33. The van der Waals surface area contributed by atoms with E-state index < -0.39 is 10.0 Å². The Morgan fingerprint density at radius 1 is 1.11 bits per heavy atom. The predicted molar refractivity (Wildman–Crippen MR) is 78.7 cm³/mol. The molecular weight excluding hydrogens is 262 g/mol. The number of nitrogens with one attached hydrogen (secondary N) is 2. The summed E-state index contributed by atoms with van der Waals surface area (Å²) in [4.78, 5) is 0.291. The molecular formula is C13H23N3O2S. The summed E-state index contributed by atoms with van der Waals surface area (Å²) in [7, 11) is -1.99. The second kappa shape index (κ2) is 8.14. The molecule has 19 heavy (non-hydrogen) atoms. The second-order valence-corrected chi connectivity index (χ2v) is 6.19. The van der Waals surface area contributed by atoms with Gasteiger partial charge in [-0.05, 0) is 38.6 Å². The minimum Gasteiger partial charge on any atom is -0.384 e. The number of hydrogen-bond acceptors (Lipinski definition) is 4. The molecule has 5 nitrogen and oxygen atoms in total. The Morgan fingerprint density at radius 2 is 1.79 bits per heavy atom. The first kappa shape index (κ1) is 15.9. The van der Waals surface area contributed by atoms with Crippen LogP contribution in [0.2, 0.25) is 0 Å². The van der Waals surface area contributed by atoms with Gasteiger partial charge in [-0.15, -0.1) is 0 Å². The Labute approximate surface area is 115 Å². The molecule has 0 fully saturated rings. The average molecular weight is 285 g/mol. The summed E-state index contributed by atoms with van der Waals surface area (Å²) >= 11 is 0. The number of benzene rings is 1. The van der Waals surface area contributed by atoms with Crippen LogP contribution in [0.3, 0.4) is 0 Å². The fraction of sp³-hybridized carbons (Fsp3) is 0.538. The molecule has 1 rings (SSSR count). The first-order valence-electron chi connectivity index (χ1n) is 6.58. The lowest BCUT2D eigenvalue weighted by atomic mass is 10.2. The number of sulfonamides is 1. The van der Waals surface area contributed by atoms with Crippen LogP contribution in [0.15, 0.2) is 29.2 Å². The van der Waals surface area contributed by atoms with Gasteiger partial charge in [0.1, 0.15) is 4.90 Å². The fourth-order valence-electron chi connectivity index (χ4n) is 1.80. The van der Waals surface area contributed by atoms with Crippen LogP contribution in [-0.2, 0) is 10.0 Å². The molecule has 1 aromatic carbocycles. The van der Waals surface area contributed by atoms with Gasteiger partial charge in [-0.2, -0.15) is 0 Å². The van der Waals surface area contributed by atoms with Gasteiger partial charge >= 0.3 is 0 Å². The van der Waals surface area contributed by atoms with E-state index in [-0.39, 0.29) is 0 Å². The first-order valence-corrected chi connectivity index (χ1v) is 8.06. The average Bonchev–Trinajstić information content (AvgIpc) is 2.43. The number of unbranched alkanes of at least 4 members (excludes halogenated alkanes) is 3. The number of nitrogens with two attached hydrogens (primary N) is 1. The van der Waals surface area contributed by atoms with Crippen molar-refractivity contribution >= 4 is 15.7 Å². The van der Waals surface area contributed by atoms with Crippen LogP contribution in [-0.4, -0.2) is 28.6 Å². The van der Waals surface area contributed by atoms with Gasteiger partial charge in [0.2, 0.25) is 10.0 Å². The van der Waals surface area contributed by atoms with Gasteiger partial charge in [-0.1, -0.05) is 25.0 Å². The van der Waals surface area contributed by atoms with Gasteiger partial charge in [-0.3, -0.25) is 0 Å². The van der Waals surface area contributed by atoms with Gasteiger partial charge < -0.3 is 11.1 Å². The van der Waals surface area contributed by atoms with Crippen LogP contribution in [0.4, 0.5) is 5.69 Å². The lowest BCUT2D eigenvalue weighted by molar-refractivity contribution is 0.588. The first-order chi connectivity index (χ1) is 9.11. The van der Waals surface area contributed by atoms with Gasteiger partial charge in [0.25, 0.3) is 0 Å². The van der Waals surface area contributed by atoms with Gasteiger partial charge in [-0.25, -0.2) is 13.1 Å². The molecule has 0 spiro atoms. The summed E-state index contributed by atoms with van der Waals surface area (Å²) in [5.74, 6) is 0. The summed E-state index contributed by atoms with van der Waals surface area (Å²) in [6.07, 6.45) is 4.28. The van der Waals surface area contributed by atoms with Crippen LogP contribution in [0.25, 0.3) is 0 Å². The lowest BCUT2D eigenvalue weighted by Gasteiger charge is -2.11. The molecule has 4 N–H and O–H groups in total. The van der Waals surface area contributed by atoms with Gasteiger partial charge in [0.05, 0.1) is 5.69 Å². The zero-order chi connectivity index (χ0) is 14.1. The molecule has 0 aliphatic rings.